The lowest BCUT2D eigenvalue weighted by atomic mass is 10.1. The molecule has 2 aromatic carbocycles. The first kappa shape index (κ1) is 25.8. The van der Waals surface area contributed by atoms with Crippen LogP contribution in [-0.2, 0) is 16.4 Å². The van der Waals surface area contributed by atoms with Crippen molar-refractivity contribution in [1.82, 2.24) is 9.21 Å². The lowest BCUT2D eigenvalue weighted by Crippen LogP contribution is -2.42. The number of sulfonamides is 1. The molecule has 3 rings (SSSR count). The highest BCUT2D eigenvalue weighted by molar-refractivity contribution is 7.89. The summed E-state index contributed by atoms with van der Waals surface area (Å²) in [5, 5.41) is 0. The first-order valence-corrected chi connectivity index (χ1v) is 12.8. The van der Waals surface area contributed by atoms with Crippen molar-refractivity contribution in [2.45, 2.75) is 43.5 Å². The second-order valence-electron chi connectivity index (χ2n) is 8.49. The van der Waals surface area contributed by atoms with Gasteiger partial charge in [0.1, 0.15) is 10.6 Å². The zero-order chi connectivity index (χ0) is 24.9. The van der Waals surface area contributed by atoms with Crippen molar-refractivity contribution in [3.05, 3.63) is 47.5 Å². The molecule has 1 heterocycles. The number of carbonyl (C=O) groups excluding carboxylic acids is 1. The van der Waals surface area contributed by atoms with Gasteiger partial charge in [-0.15, -0.1) is 0 Å². The molecule has 0 radical (unpaired) electrons. The summed E-state index contributed by atoms with van der Waals surface area (Å²) in [5.74, 6) is 1.25. The minimum atomic E-state index is -3.79. The molecule has 0 N–H and O–H groups in total. The summed E-state index contributed by atoms with van der Waals surface area (Å²) in [5.41, 5.74) is 1.30. The Kier molecular flexibility index (Phi) is 8.43. The zero-order valence-corrected chi connectivity index (χ0v) is 21.4. The first-order chi connectivity index (χ1) is 16.2. The minimum Gasteiger partial charge on any atom is -0.495 e. The van der Waals surface area contributed by atoms with Gasteiger partial charge in [0.05, 0.1) is 21.3 Å². The van der Waals surface area contributed by atoms with E-state index in [4.69, 9.17) is 14.2 Å². The summed E-state index contributed by atoms with van der Waals surface area (Å²) in [6, 6.07) is 10.1. The van der Waals surface area contributed by atoms with Gasteiger partial charge in [-0.2, -0.15) is 4.31 Å². The van der Waals surface area contributed by atoms with Crippen molar-refractivity contribution in [2.75, 3.05) is 41.5 Å². The van der Waals surface area contributed by atoms with Gasteiger partial charge in [0.2, 0.25) is 10.0 Å². The van der Waals surface area contributed by atoms with Gasteiger partial charge in [-0.3, -0.25) is 4.79 Å². The standard InChI is InChI=1S/C25H34N2O6S/c1-18-8-6-7-14-27(18)34(29,30)24-17-20(10-12-22(24)32-4)25(28)26(2)15-13-19-9-11-21(31-3)23(16-19)33-5/h9-12,16-18H,6-8,13-15H2,1-5H3. The normalized spacial score (nSPS) is 16.7. The molecule has 1 aliphatic rings. The van der Waals surface area contributed by atoms with Crippen LogP contribution in [0.2, 0.25) is 0 Å². The van der Waals surface area contributed by atoms with E-state index in [1.54, 1.807) is 38.3 Å². The maximum absolute atomic E-state index is 13.4. The number of rotatable bonds is 9. The fraction of sp³-hybridized carbons (Fsp3) is 0.480. The Balaban J connectivity index is 1.79. The third kappa shape index (κ3) is 5.47. The molecule has 2 aromatic rings. The number of carbonyl (C=O) groups is 1. The van der Waals surface area contributed by atoms with Gasteiger partial charge >= 0.3 is 0 Å². The Bertz CT molecular complexity index is 1120. The van der Waals surface area contributed by atoms with Crippen LogP contribution in [0.15, 0.2) is 41.3 Å². The van der Waals surface area contributed by atoms with Crippen LogP contribution in [0.25, 0.3) is 0 Å². The van der Waals surface area contributed by atoms with Crippen LogP contribution in [0.1, 0.15) is 42.1 Å². The molecular weight excluding hydrogens is 456 g/mol. The Morgan fingerprint density at radius 2 is 1.68 bits per heavy atom. The molecule has 34 heavy (non-hydrogen) atoms. The smallest absolute Gasteiger partial charge is 0.253 e. The molecule has 0 bridgehead atoms. The summed E-state index contributed by atoms with van der Waals surface area (Å²) in [7, 11) is 2.51. The molecule has 1 saturated heterocycles. The molecule has 0 spiro atoms. The van der Waals surface area contributed by atoms with Crippen LogP contribution in [-0.4, -0.2) is 71.0 Å². The van der Waals surface area contributed by atoms with Gasteiger partial charge in [0.15, 0.2) is 11.5 Å². The number of hydrogen-bond acceptors (Lipinski definition) is 6. The number of methoxy groups -OCH3 is 3. The second-order valence-corrected chi connectivity index (χ2v) is 10.4. The van der Waals surface area contributed by atoms with E-state index in [9.17, 15) is 13.2 Å². The zero-order valence-electron chi connectivity index (χ0n) is 20.5. The summed E-state index contributed by atoms with van der Waals surface area (Å²) < 4.78 is 44.4. The number of benzene rings is 2. The Morgan fingerprint density at radius 3 is 2.32 bits per heavy atom. The number of hydrogen-bond donors (Lipinski definition) is 0. The van der Waals surface area contributed by atoms with E-state index in [0.29, 0.717) is 36.6 Å². The largest absolute Gasteiger partial charge is 0.495 e. The SMILES string of the molecule is COc1ccc(CCN(C)C(=O)c2ccc(OC)c(S(=O)(=O)N3CCCCC3C)c2)cc1OC. The Labute approximate surface area is 202 Å². The summed E-state index contributed by atoms with van der Waals surface area (Å²) in [6.07, 6.45) is 3.26. The monoisotopic (exact) mass is 490 g/mol. The predicted molar refractivity (Wildman–Crippen MR) is 130 cm³/mol. The molecule has 1 unspecified atom stereocenters. The quantitative estimate of drug-likeness (QED) is 0.534. The maximum Gasteiger partial charge on any atom is 0.253 e. The Hall–Kier alpha value is -2.78. The molecule has 186 valence electrons. The topological polar surface area (TPSA) is 85.4 Å². The molecule has 0 aliphatic carbocycles. The van der Waals surface area contributed by atoms with Gasteiger partial charge in [-0.1, -0.05) is 12.5 Å². The Morgan fingerprint density at radius 1 is 1.00 bits per heavy atom. The van der Waals surface area contributed by atoms with Crippen molar-refractivity contribution in [3.63, 3.8) is 0 Å². The number of likely N-dealkylation sites (N-methyl/N-ethyl adjacent to an activating group) is 1. The van der Waals surface area contributed by atoms with Crippen molar-refractivity contribution < 1.29 is 27.4 Å². The van der Waals surface area contributed by atoms with E-state index in [1.807, 2.05) is 25.1 Å². The van der Waals surface area contributed by atoms with E-state index in [2.05, 4.69) is 0 Å². The van der Waals surface area contributed by atoms with Crippen LogP contribution in [0, 0.1) is 0 Å². The molecule has 1 fully saturated rings. The second kappa shape index (κ2) is 11.1. The van der Waals surface area contributed by atoms with Crippen molar-refractivity contribution in [2.24, 2.45) is 0 Å². The molecular formula is C25H34N2O6S. The highest BCUT2D eigenvalue weighted by atomic mass is 32.2. The fourth-order valence-electron chi connectivity index (χ4n) is 4.22. The van der Waals surface area contributed by atoms with E-state index in [0.717, 1.165) is 24.8 Å². The maximum atomic E-state index is 13.4. The molecule has 0 aromatic heterocycles. The third-order valence-corrected chi connectivity index (χ3v) is 8.30. The van der Waals surface area contributed by atoms with Gasteiger partial charge < -0.3 is 19.1 Å². The van der Waals surface area contributed by atoms with Crippen LogP contribution in [0.4, 0.5) is 0 Å². The fourth-order valence-corrected chi connectivity index (χ4v) is 6.10. The van der Waals surface area contributed by atoms with E-state index >= 15 is 0 Å². The summed E-state index contributed by atoms with van der Waals surface area (Å²) in [4.78, 5) is 14.8. The van der Waals surface area contributed by atoms with Crippen molar-refractivity contribution >= 4 is 15.9 Å². The molecule has 1 aliphatic heterocycles. The molecule has 0 saturated carbocycles. The van der Waals surface area contributed by atoms with Gasteiger partial charge in [-0.05, 0) is 62.1 Å². The summed E-state index contributed by atoms with van der Waals surface area (Å²) >= 11 is 0. The minimum absolute atomic E-state index is 0.0305. The average Bonchev–Trinajstić information content (AvgIpc) is 2.86. The predicted octanol–water partition coefficient (Wildman–Crippen LogP) is 3.59. The van der Waals surface area contributed by atoms with Gasteiger partial charge in [-0.25, -0.2) is 8.42 Å². The molecule has 1 atom stereocenters. The van der Waals surface area contributed by atoms with Crippen LogP contribution in [0.5, 0.6) is 17.2 Å². The van der Waals surface area contributed by atoms with E-state index < -0.39 is 10.0 Å². The van der Waals surface area contributed by atoms with Crippen molar-refractivity contribution in [3.8, 4) is 17.2 Å². The molecule has 8 nitrogen and oxygen atoms in total. The number of amides is 1. The average molecular weight is 491 g/mol. The first-order valence-electron chi connectivity index (χ1n) is 11.4. The van der Waals surface area contributed by atoms with Gasteiger partial charge in [0, 0.05) is 31.7 Å². The van der Waals surface area contributed by atoms with E-state index in [1.165, 1.54) is 17.5 Å². The number of nitrogens with zero attached hydrogens (tertiary/aromatic N) is 2. The highest BCUT2D eigenvalue weighted by Crippen LogP contribution is 2.32. The van der Waals surface area contributed by atoms with Crippen LogP contribution >= 0.6 is 0 Å². The highest BCUT2D eigenvalue weighted by Gasteiger charge is 2.33. The number of ether oxygens (including phenoxy) is 3. The van der Waals surface area contributed by atoms with Gasteiger partial charge in [0.25, 0.3) is 5.91 Å². The molecule has 1 amide bonds. The lowest BCUT2D eigenvalue weighted by molar-refractivity contribution is 0.0796. The third-order valence-electron chi connectivity index (χ3n) is 6.27. The lowest BCUT2D eigenvalue weighted by Gasteiger charge is -2.32. The van der Waals surface area contributed by atoms with Crippen molar-refractivity contribution in [1.29, 1.82) is 0 Å². The van der Waals surface area contributed by atoms with E-state index in [-0.39, 0.29) is 22.6 Å². The van der Waals surface area contributed by atoms with Crippen LogP contribution in [0.3, 0.4) is 0 Å². The number of piperidine rings is 1. The molecule has 9 heteroatoms. The summed E-state index contributed by atoms with van der Waals surface area (Å²) in [6.45, 7) is 2.84. The van der Waals surface area contributed by atoms with Crippen LogP contribution < -0.4 is 14.2 Å².